The van der Waals surface area contributed by atoms with Crippen LogP contribution in [0.2, 0.25) is 5.02 Å². The van der Waals surface area contributed by atoms with Crippen molar-refractivity contribution in [2.24, 2.45) is 13.0 Å². The molecule has 0 saturated heterocycles. The molecule has 7 nitrogen and oxygen atoms in total. The van der Waals surface area contributed by atoms with Gasteiger partial charge < -0.3 is 14.3 Å². The Kier molecular flexibility index (Phi) is 5.42. The van der Waals surface area contributed by atoms with Gasteiger partial charge in [0.25, 0.3) is 5.78 Å². The number of aromatic amines is 1. The van der Waals surface area contributed by atoms with E-state index in [9.17, 15) is 4.79 Å². The highest BCUT2D eigenvalue weighted by molar-refractivity contribution is 6.30. The van der Waals surface area contributed by atoms with E-state index < -0.39 is 0 Å². The molecule has 0 saturated carbocycles. The maximum absolute atomic E-state index is 13.0. The van der Waals surface area contributed by atoms with Crippen LogP contribution in [0.1, 0.15) is 41.6 Å². The van der Waals surface area contributed by atoms with Gasteiger partial charge in [-0.2, -0.15) is 0 Å². The summed E-state index contributed by atoms with van der Waals surface area (Å²) in [6.07, 6.45) is 2.34. The minimum atomic E-state index is -0.351. The van der Waals surface area contributed by atoms with E-state index >= 15 is 0 Å². The lowest BCUT2D eigenvalue weighted by Gasteiger charge is -2.13. The van der Waals surface area contributed by atoms with Gasteiger partial charge in [-0.15, -0.1) is 0 Å². The van der Waals surface area contributed by atoms with Crippen LogP contribution in [-0.4, -0.2) is 32.1 Å². The molecule has 168 valence electrons. The number of aryl methyl sites for hydroxylation is 1. The van der Waals surface area contributed by atoms with E-state index in [0.717, 1.165) is 22.2 Å². The van der Waals surface area contributed by atoms with E-state index in [-0.39, 0.29) is 17.4 Å². The first-order valence-electron chi connectivity index (χ1n) is 10.7. The number of furan rings is 1. The van der Waals surface area contributed by atoms with Crippen LogP contribution in [0.15, 0.2) is 53.1 Å². The van der Waals surface area contributed by atoms with Gasteiger partial charge in [-0.1, -0.05) is 25.4 Å². The summed E-state index contributed by atoms with van der Waals surface area (Å²) >= 11 is 6.20. The monoisotopic (exact) mass is 462 g/mol. The van der Waals surface area contributed by atoms with Crippen LogP contribution in [0.3, 0.4) is 0 Å². The van der Waals surface area contributed by atoms with Crippen LogP contribution in [0.25, 0.3) is 21.9 Å². The zero-order chi connectivity index (χ0) is 23.1. The minimum absolute atomic E-state index is 0.119. The van der Waals surface area contributed by atoms with Crippen molar-refractivity contribution < 1.29 is 13.9 Å². The summed E-state index contributed by atoms with van der Waals surface area (Å²) in [6.45, 7) is 4.79. The SMILES string of the molecule is CC(C)COc1ccc(Cl)cc1Cc1ccc(C(=O)c2nc3cc4c[nH]n(C)c4cc3n2)o1. The molecule has 0 radical (unpaired) electrons. The largest absolute Gasteiger partial charge is 0.493 e. The molecular weight excluding hydrogens is 440 g/mol. The number of hydrogen-bond donors (Lipinski definition) is 1. The van der Waals surface area contributed by atoms with E-state index in [4.69, 9.17) is 20.8 Å². The first-order valence-corrected chi connectivity index (χ1v) is 11.1. The van der Waals surface area contributed by atoms with Crippen molar-refractivity contribution >= 4 is 39.3 Å². The standard InChI is InChI=1S/C25H23ClN4O3/c1-14(2)13-32-22-6-4-17(26)8-15(22)9-18-5-7-23(33-18)24(31)25-28-19-10-16-12-27-30(3)21(16)11-20(19)29-25/h4-8,10-12,14,27H,9,13H2,1-3H3. The third kappa shape index (κ3) is 4.24. The number of rotatable bonds is 7. The third-order valence-corrected chi connectivity index (χ3v) is 5.63. The number of halogens is 1. The van der Waals surface area contributed by atoms with Crippen molar-refractivity contribution in [2.75, 3.05) is 6.61 Å². The number of nitrogens with one attached hydrogen (secondary N) is 1. The Morgan fingerprint density at radius 3 is 2.73 bits per heavy atom. The van der Waals surface area contributed by atoms with E-state index in [0.29, 0.717) is 40.8 Å². The van der Waals surface area contributed by atoms with Gasteiger partial charge in [-0.3, -0.25) is 9.48 Å². The average molecular weight is 463 g/mol. The van der Waals surface area contributed by atoms with Crippen LogP contribution >= 0.6 is 11.6 Å². The van der Waals surface area contributed by atoms with Gasteiger partial charge >= 0.3 is 0 Å². The highest BCUT2D eigenvalue weighted by atomic mass is 35.5. The fourth-order valence-corrected chi connectivity index (χ4v) is 3.93. The number of H-pyrrole nitrogens is 1. The van der Waals surface area contributed by atoms with Gasteiger partial charge in [0, 0.05) is 35.6 Å². The Morgan fingerprint density at radius 1 is 1.15 bits per heavy atom. The summed E-state index contributed by atoms with van der Waals surface area (Å²) < 4.78 is 13.7. The van der Waals surface area contributed by atoms with E-state index in [1.807, 2.05) is 42.2 Å². The number of carbonyl (C=O) groups is 1. The molecular formula is C25H23ClN4O3. The number of hydrogen-bond acceptors (Lipinski definition) is 5. The third-order valence-electron chi connectivity index (χ3n) is 5.40. The number of benzene rings is 2. The Hall–Kier alpha value is -3.58. The van der Waals surface area contributed by atoms with Crippen molar-refractivity contribution in [3.63, 3.8) is 0 Å². The molecule has 0 amide bonds. The Morgan fingerprint density at radius 2 is 1.94 bits per heavy atom. The molecule has 5 aromatic rings. The first-order chi connectivity index (χ1) is 15.9. The molecule has 5 rings (SSSR count). The lowest BCUT2D eigenvalue weighted by Crippen LogP contribution is -2.06. The molecule has 0 unspecified atom stereocenters. The number of imidazole rings is 1. The fourth-order valence-electron chi connectivity index (χ4n) is 3.73. The molecule has 0 atom stereocenters. The van der Waals surface area contributed by atoms with Crippen molar-refractivity contribution in [1.82, 2.24) is 19.7 Å². The first kappa shape index (κ1) is 21.3. The van der Waals surface area contributed by atoms with Crippen molar-refractivity contribution in [3.8, 4) is 5.75 Å². The Bertz CT molecular complexity index is 1480. The summed E-state index contributed by atoms with van der Waals surface area (Å²) in [4.78, 5) is 21.9. The van der Waals surface area contributed by atoms with Crippen molar-refractivity contribution in [3.05, 3.63) is 76.6 Å². The lowest BCUT2D eigenvalue weighted by molar-refractivity contribution is 0.0999. The smallest absolute Gasteiger partial charge is 0.265 e. The Labute approximate surface area is 195 Å². The van der Waals surface area contributed by atoms with Crippen molar-refractivity contribution in [2.45, 2.75) is 20.3 Å². The maximum atomic E-state index is 13.0. The molecule has 2 aromatic carbocycles. The van der Waals surface area contributed by atoms with E-state index in [2.05, 4.69) is 28.9 Å². The number of ketones is 1. The minimum Gasteiger partial charge on any atom is -0.493 e. The average Bonchev–Trinajstić information content (AvgIpc) is 3.50. The normalized spacial score (nSPS) is 11.7. The molecule has 0 spiro atoms. The predicted molar refractivity (Wildman–Crippen MR) is 127 cm³/mol. The second kappa shape index (κ2) is 8.41. The molecule has 0 aliphatic heterocycles. The predicted octanol–water partition coefficient (Wildman–Crippen LogP) is 5.55. The number of fused-ring (bicyclic) bond motifs is 2. The summed E-state index contributed by atoms with van der Waals surface area (Å²) in [5.41, 5.74) is 3.22. The van der Waals surface area contributed by atoms with Gasteiger partial charge in [0.05, 0.1) is 23.2 Å². The fraction of sp³-hybridized carbons (Fsp3) is 0.240. The molecule has 0 aliphatic carbocycles. The van der Waals surface area contributed by atoms with Gasteiger partial charge in [0.2, 0.25) is 5.82 Å². The van der Waals surface area contributed by atoms with Gasteiger partial charge in [-0.05, 0) is 48.4 Å². The molecule has 8 heteroatoms. The molecule has 0 bridgehead atoms. The second-order valence-electron chi connectivity index (χ2n) is 8.51. The molecule has 3 heterocycles. The number of ether oxygens (including phenoxy) is 1. The van der Waals surface area contributed by atoms with Gasteiger partial charge in [0.1, 0.15) is 11.5 Å². The number of aromatic nitrogens is 4. The van der Waals surface area contributed by atoms with Crippen LogP contribution in [0.4, 0.5) is 0 Å². The van der Waals surface area contributed by atoms with Crippen molar-refractivity contribution in [1.29, 1.82) is 0 Å². The van der Waals surface area contributed by atoms with Crippen LogP contribution in [0, 0.1) is 5.92 Å². The zero-order valence-electron chi connectivity index (χ0n) is 18.6. The molecule has 33 heavy (non-hydrogen) atoms. The molecule has 0 aliphatic rings. The highest BCUT2D eigenvalue weighted by Crippen LogP contribution is 2.27. The van der Waals surface area contributed by atoms with Crippen LogP contribution < -0.4 is 4.74 Å². The van der Waals surface area contributed by atoms with Crippen LogP contribution in [-0.2, 0) is 13.5 Å². The quantitative estimate of drug-likeness (QED) is 0.320. The maximum Gasteiger partial charge on any atom is 0.265 e. The second-order valence-corrected chi connectivity index (χ2v) is 8.94. The molecule has 0 fully saturated rings. The summed E-state index contributed by atoms with van der Waals surface area (Å²) in [5, 5.41) is 4.73. The highest BCUT2D eigenvalue weighted by Gasteiger charge is 2.20. The zero-order valence-corrected chi connectivity index (χ0v) is 19.3. The van der Waals surface area contributed by atoms with Crippen LogP contribution in [0.5, 0.6) is 5.75 Å². The summed E-state index contributed by atoms with van der Waals surface area (Å²) in [6, 6.07) is 12.8. The van der Waals surface area contributed by atoms with E-state index in [1.165, 1.54) is 0 Å². The summed E-state index contributed by atoms with van der Waals surface area (Å²) in [7, 11) is 1.92. The van der Waals surface area contributed by atoms with E-state index in [1.54, 1.807) is 18.2 Å². The number of carbonyl (C=O) groups excluding carboxylic acids is 1. The lowest BCUT2D eigenvalue weighted by atomic mass is 10.1. The van der Waals surface area contributed by atoms with Gasteiger partial charge in [-0.25, -0.2) is 9.97 Å². The Balaban J connectivity index is 1.39. The molecule has 1 N–H and O–H groups in total. The number of nitrogens with zero attached hydrogens (tertiary/aromatic N) is 3. The topological polar surface area (TPSA) is 85.9 Å². The van der Waals surface area contributed by atoms with Gasteiger partial charge in [0.15, 0.2) is 5.76 Å². The molecule has 3 aromatic heterocycles. The summed E-state index contributed by atoms with van der Waals surface area (Å²) in [5.74, 6) is 1.76.